The lowest BCUT2D eigenvalue weighted by molar-refractivity contribution is 0.422. The van der Waals surface area contributed by atoms with Crippen molar-refractivity contribution in [3.8, 4) is 0 Å². The van der Waals surface area contributed by atoms with Crippen LogP contribution in [0.2, 0.25) is 5.02 Å². The molecule has 2 atom stereocenters. The minimum atomic E-state index is 0.590. The van der Waals surface area contributed by atoms with Gasteiger partial charge in [-0.15, -0.1) is 0 Å². The van der Waals surface area contributed by atoms with Gasteiger partial charge >= 0.3 is 0 Å². The van der Waals surface area contributed by atoms with E-state index in [1.807, 2.05) is 6.92 Å². The van der Waals surface area contributed by atoms with Crippen molar-refractivity contribution in [1.82, 2.24) is 0 Å². The van der Waals surface area contributed by atoms with Gasteiger partial charge in [0.25, 0.3) is 0 Å². The van der Waals surface area contributed by atoms with Crippen molar-refractivity contribution in [1.29, 1.82) is 0 Å². The van der Waals surface area contributed by atoms with Gasteiger partial charge in [-0.05, 0) is 65.7 Å². The first-order valence-electron chi connectivity index (χ1n) is 7.82. The summed E-state index contributed by atoms with van der Waals surface area (Å²) in [6, 6.07) is 4.74. The number of aryl methyl sites for hydroxylation is 1. The van der Waals surface area contributed by atoms with Gasteiger partial charge in [-0.2, -0.15) is 0 Å². The molecule has 0 aromatic heterocycles. The summed E-state index contributed by atoms with van der Waals surface area (Å²) in [7, 11) is 0. The third-order valence-electron chi connectivity index (χ3n) is 4.39. The fraction of sp³-hybridized carbons (Fsp3) is 0.647. The Hall–Kier alpha value is -0.210. The molecule has 20 heavy (non-hydrogen) atoms. The summed E-state index contributed by atoms with van der Waals surface area (Å²) in [5.41, 5.74) is 2.26. The first kappa shape index (κ1) is 16.2. The maximum atomic E-state index is 6.24. The zero-order chi connectivity index (χ0) is 14.5. The van der Waals surface area contributed by atoms with Crippen LogP contribution in [0.5, 0.6) is 0 Å². The van der Waals surface area contributed by atoms with Gasteiger partial charge in [0, 0.05) is 15.5 Å². The summed E-state index contributed by atoms with van der Waals surface area (Å²) in [5.74, 6) is 0.942. The van der Waals surface area contributed by atoms with Gasteiger partial charge in [0.05, 0.1) is 5.69 Å². The molecule has 0 radical (unpaired) electrons. The van der Waals surface area contributed by atoms with E-state index in [4.69, 9.17) is 11.6 Å². The topological polar surface area (TPSA) is 12.0 Å². The molecule has 0 heterocycles. The third-order valence-corrected chi connectivity index (χ3v) is 5.46. The molecule has 0 aliphatic heterocycles. The predicted octanol–water partition coefficient (Wildman–Crippen LogP) is 6.57. The van der Waals surface area contributed by atoms with Crippen LogP contribution in [0.3, 0.4) is 0 Å². The summed E-state index contributed by atoms with van der Waals surface area (Å²) in [4.78, 5) is 0. The van der Waals surface area contributed by atoms with Crippen LogP contribution in [0.25, 0.3) is 0 Å². The fourth-order valence-electron chi connectivity index (χ4n) is 3.20. The van der Waals surface area contributed by atoms with Crippen molar-refractivity contribution in [2.75, 3.05) is 5.32 Å². The molecule has 1 nitrogen and oxygen atoms in total. The van der Waals surface area contributed by atoms with E-state index in [0.717, 1.165) is 26.7 Å². The number of rotatable bonds is 4. The lowest BCUT2D eigenvalue weighted by atomic mass is 9.95. The maximum absolute atomic E-state index is 6.24. The molecule has 1 aromatic carbocycles. The summed E-state index contributed by atoms with van der Waals surface area (Å²) < 4.78 is 1.12. The SMILES string of the molecule is CCCC1CCCC(Nc2cc(Cl)c(C)cc2Br)CC1. The fourth-order valence-corrected chi connectivity index (χ4v) is 3.93. The highest BCUT2D eigenvalue weighted by Gasteiger charge is 2.19. The Morgan fingerprint density at radius 2 is 2.05 bits per heavy atom. The number of hydrogen-bond donors (Lipinski definition) is 1. The smallest absolute Gasteiger partial charge is 0.0501 e. The van der Waals surface area contributed by atoms with E-state index in [1.165, 1.54) is 44.9 Å². The highest BCUT2D eigenvalue weighted by molar-refractivity contribution is 9.10. The molecule has 3 heteroatoms. The van der Waals surface area contributed by atoms with Gasteiger partial charge in [0.2, 0.25) is 0 Å². The molecule has 1 aromatic rings. The minimum absolute atomic E-state index is 0.590. The number of anilines is 1. The van der Waals surface area contributed by atoms with Crippen molar-refractivity contribution in [3.63, 3.8) is 0 Å². The van der Waals surface area contributed by atoms with E-state index in [2.05, 4.69) is 40.3 Å². The van der Waals surface area contributed by atoms with Gasteiger partial charge in [-0.1, -0.05) is 44.2 Å². The third kappa shape index (κ3) is 4.39. The molecule has 2 rings (SSSR count). The molecule has 2 unspecified atom stereocenters. The largest absolute Gasteiger partial charge is 0.381 e. The van der Waals surface area contributed by atoms with Crippen LogP contribution in [0.1, 0.15) is 57.4 Å². The van der Waals surface area contributed by atoms with Crippen LogP contribution in [0, 0.1) is 12.8 Å². The van der Waals surface area contributed by atoms with Crippen molar-refractivity contribution in [2.45, 2.75) is 64.8 Å². The van der Waals surface area contributed by atoms with E-state index < -0.39 is 0 Å². The van der Waals surface area contributed by atoms with Gasteiger partial charge in [0.15, 0.2) is 0 Å². The minimum Gasteiger partial charge on any atom is -0.381 e. The summed E-state index contributed by atoms with van der Waals surface area (Å²) in [6.45, 7) is 4.34. The Morgan fingerprint density at radius 3 is 2.80 bits per heavy atom. The summed E-state index contributed by atoms with van der Waals surface area (Å²) in [5, 5.41) is 4.53. The quantitative estimate of drug-likeness (QED) is 0.600. The van der Waals surface area contributed by atoms with Gasteiger partial charge in [-0.3, -0.25) is 0 Å². The van der Waals surface area contributed by atoms with Crippen molar-refractivity contribution >= 4 is 33.2 Å². The monoisotopic (exact) mass is 357 g/mol. The maximum Gasteiger partial charge on any atom is 0.0501 e. The normalized spacial score (nSPS) is 23.4. The van der Waals surface area contributed by atoms with Crippen LogP contribution in [0.4, 0.5) is 5.69 Å². The highest BCUT2D eigenvalue weighted by Crippen LogP contribution is 2.33. The second-order valence-electron chi connectivity index (χ2n) is 6.09. The first-order valence-corrected chi connectivity index (χ1v) is 8.99. The van der Waals surface area contributed by atoms with Crippen molar-refractivity contribution in [3.05, 3.63) is 27.2 Å². The highest BCUT2D eigenvalue weighted by atomic mass is 79.9. The van der Waals surface area contributed by atoms with Crippen molar-refractivity contribution in [2.24, 2.45) is 5.92 Å². The Kier molecular flexibility index (Phi) is 6.22. The second-order valence-corrected chi connectivity index (χ2v) is 7.35. The lowest BCUT2D eigenvalue weighted by Crippen LogP contribution is -2.18. The predicted molar refractivity (Wildman–Crippen MR) is 92.8 cm³/mol. The first-order chi connectivity index (χ1) is 9.60. The zero-order valence-corrected chi connectivity index (χ0v) is 14.9. The molecule has 0 bridgehead atoms. The van der Waals surface area contributed by atoms with Crippen LogP contribution in [-0.4, -0.2) is 6.04 Å². The number of hydrogen-bond acceptors (Lipinski definition) is 1. The Balaban J connectivity index is 1.98. The van der Waals surface area contributed by atoms with E-state index >= 15 is 0 Å². The molecule has 1 fully saturated rings. The molecule has 1 aliphatic rings. The molecule has 0 amide bonds. The molecule has 1 saturated carbocycles. The average molecular weight is 359 g/mol. The Bertz CT molecular complexity index is 447. The molecular formula is C17H25BrClN. The molecule has 0 saturated heterocycles. The Morgan fingerprint density at radius 1 is 1.25 bits per heavy atom. The Labute approximate surface area is 136 Å². The molecular weight excluding hydrogens is 334 g/mol. The molecule has 1 aliphatic carbocycles. The van der Waals surface area contributed by atoms with E-state index in [1.54, 1.807) is 0 Å². The molecule has 112 valence electrons. The van der Waals surface area contributed by atoms with Gasteiger partial charge in [-0.25, -0.2) is 0 Å². The molecule has 0 spiro atoms. The van der Waals surface area contributed by atoms with E-state index in [9.17, 15) is 0 Å². The number of benzene rings is 1. The van der Waals surface area contributed by atoms with Gasteiger partial charge < -0.3 is 5.32 Å². The van der Waals surface area contributed by atoms with Crippen LogP contribution in [-0.2, 0) is 0 Å². The summed E-state index contributed by atoms with van der Waals surface area (Å²) in [6.07, 6.45) is 9.39. The van der Waals surface area contributed by atoms with Crippen LogP contribution < -0.4 is 5.32 Å². The van der Waals surface area contributed by atoms with Crippen molar-refractivity contribution < 1.29 is 0 Å². The van der Waals surface area contributed by atoms with Crippen LogP contribution in [0.15, 0.2) is 16.6 Å². The number of halogens is 2. The number of nitrogens with one attached hydrogen (secondary N) is 1. The van der Waals surface area contributed by atoms with E-state index in [-0.39, 0.29) is 0 Å². The van der Waals surface area contributed by atoms with Crippen LogP contribution >= 0.6 is 27.5 Å². The van der Waals surface area contributed by atoms with E-state index in [0.29, 0.717) is 6.04 Å². The standard InChI is InChI=1S/C17H25BrClN/c1-3-5-13-6-4-7-14(9-8-13)20-17-11-16(19)12(2)10-15(17)18/h10-11,13-14,20H,3-9H2,1-2H3. The zero-order valence-electron chi connectivity index (χ0n) is 12.5. The lowest BCUT2D eigenvalue weighted by Gasteiger charge is -2.20. The summed E-state index contributed by atoms with van der Waals surface area (Å²) >= 11 is 9.88. The molecule has 1 N–H and O–H groups in total. The average Bonchev–Trinajstić information content (AvgIpc) is 2.62. The van der Waals surface area contributed by atoms with Gasteiger partial charge in [0.1, 0.15) is 0 Å². The second kappa shape index (κ2) is 7.70.